The number of hydrogen-bond donors (Lipinski definition) is 2. The first-order valence-corrected chi connectivity index (χ1v) is 5.44. The number of hydrogen-bond acceptors (Lipinski definition) is 3. The molecule has 0 aliphatic heterocycles. The third kappa shape index (κ3) is 2.82. The average Bonchev–Trinajstić information content (AvgIpc) is 2.62. The number of anilines is 1. The standard InChI is InChI=1S/C11H20N4O/c1-5-15-8(6-7-13-15)14-10(16)9(12)11(2,3)4/h6-7,9H,5,12H2,1-4H3,(H,14,16)/t9-/m1/s1. The van der Waals surface area contributed by atoms with Gasteiger partial charge in [0.25, 0.3) is 0 Å². The van der Waals surface area contributed by atoms with E-state index in [1.165, 1.54) is 0 Å². The third-order valence-electron chi connectivity index (χ3n) is 2.48. The summed E-state index contributed by atoms with van der Waals surface area (Å²) in [6.07, 6.45) is 1.65. The van der Waals surface area contributed by atoms with E-state index in [1.807, 2.05) is 27.7 Å². The van der Waals surface area contributed by atoms with E-state index >= 15 is 0 Å². The molecule has 1 aromatic heterocycles. The number of carbonyl (C=O) groups is 1. The van der Waals surface area contributed by atoms with Crippen LogP contribution in [0.25, 0.3) is 0 Å². The Bertz CT molecular complexity index is 364. The molecule has 0 spiro atoms. The molecular formula is C11H20N4O. The lowest BCUT2D eigenvalue weighted by Crippen LogP contribution is -2.45. The summed E-state index contributed by atoms with van der Waals surface area (Å²) in [5.74, 6) is 0.509. The molecule has 1 atom stereocenters. The fourth-order valence-corrected chi connectivity index (χ4v) is 1.29. The Morgan fingerprint density at radius 3 is 2.75 bits per heavy atom. The maximum absolute atomic E-state index is 11.8. The highest BCUT2D eigenvalue weighted by Gasteiger charge is 2.27. The van der Waals surface area contributed by atoms with Crippen molar-refractivity contribution in [2.45, 2.75) is 40.3 Å². The molecule has 5 heteroatoms. The van der Waals surface area contributed by atoms with Crippen LogP contribution in [0.2, 0.25) is 0 Å². The molecular weight excluding hydrogens is 204 g/mol. The van der Waals surface area contributed by atoms with E-state index in [4.69, 9.17) is 5.73 Å². The van der Waals surface area contributed by atoms with Crippen LogP contribution < -0.4 is 11.1 Å². The summed E-state index contributed by atoms with van der Waals surface area (Å²) in [5.41, 5.74) is 5.61. The number of nitrogens with one attached hydrogen (secondary N) is 1. The van der Waals surface area contributed by atoms with Crippen molar-refractivity contribution in [3.63, 3.8) is 0 Å². The molecule has 0 saturated carbocycles. The van der Waals surface area contributed by atoms with Gasteiger partial charge in [-0.15, -0.1) is 0 Å². The van der Waals surface area contributed by atoms with E-state index in [2.05, 4.69) is 10.4 Å². The van der Waals surface area contributed by atoms with Crippen molar-refractivity contribution in [3.05, 3.63) is 12.3 Å². The Balaban J connectivity index is 2.72. The lowest BCUT2D eigenvalue weighted by atomic mass is 9.87. The van der Waals surface area contributed by atoms with Gasteiger partial charge >= 0.3 is 0 Å². The second kappa shape index (κ2) is 4.65. The van der Waals surface area contributed by atoms with Gasteiger partial charge in [0.2, 0.25) is 5.91 Å². The number of amides is 1. The van der Waals surface area contributed by atoms with Gasteiger partial charge in [-0.1, -0.05) is 20.8 Å². The molecule has 1 rings (SSSR count). The Kier molecular flexibility index (Phi) is 3.70. The maximum Gasteiger partial charge on any atom is 0.242 e. The number of aryl methyl sites for hydroxylation is 1. The minimum Gasteiger partial charge on any atom is -0.319 e. The largest absolute Gasteiger partial charge is 0.319 e. The van der Waals surface area contributed by atoms with Crippen molar-refractivity contribution < 1.29 is 4.79 Å². The molecule has 0 fully saturated rings. The molecule has 5 nitrogen and oxygen atoms in total. The molecule has 90 valence electrons. The van der Waals surface area contributed by atoms with E-state index < -0.39 is 6.04 Å². The number of rotatable bonds is 3. The van der Waals surface area contributed by atoms with Gasteiger partial charge in [0.1, 0.15) is 5.82 Å². The second-order valence-corrected chi connectivity index (χ2v) is 4.87. The summed E-state index contributed by atoms with van der Waals surface area (Å²) in [6.45, 7) is 8.50. The van der Waals surface area contributed by atoms with Crippen molar-refractivity contribution in [1.29, 1.82) is 0 Å². The fraction of sp³-hybridized carbons (Fsp3) is 0.636. The van der Waals surface area contributed by atoms with Crippen LogP contribution in [-0.2, 0) is 11.3 Å². The molecule has 3 N–H and O–H groups in total. The Morgan fingerprint density at radius 2 is 2.25 bits per heavy atom. The molecule has 0 bridgehead atoms. The van der Waals surface area contributed by atoms with Gasteiger partial charge in [0.05, 0.1) is 12.2 Å². The quantitative estimate of drug-likeness (QED) is 0.810. The predicted octanol–water partition coefficient (Wildman–Crippen LogP) is 1.21. The second-order valence-electron chi connectivity index (χ2n) is 4.87. The van der Waals surface area contributed by atoms with E-state index in [0.717, 1.165) is 0 Å². The van der Waals surface area contributed by atoms with Crippen molar-refractivity contribution in [2.75, 3.05) is 5.32 Å². The van der Waals surface area contributed by atoms with Crippen LogP contribution in [0.5, 0.6) is 0 Å². The van der Waals surface area contributed by atoms with E-state index in [9.17, 15) is 4.79 Å². The molecule has 1 amide bonds. The summed E-state index contributed by atoms with van der Waals surface area (Å²) in [7, 11) is 0. The van der Waals surface area contributed by atoms with Crippen molar-refractivity contribution in [3.8, 4) is 0 Å². The highest BCUT2D eigenvalue weighted by Crippen LogP contribution is 2.18. The zero-order valence-corrected chi connectivity index (χ0v) is 10.3. The topological polar surface area (TPSA) is 72.9 Å². The lowest BCUT2D eigenvalue weighted by Gasteiger charge is -2.25. The number of nitrogens with two attached hydrogens (primary N) is 1. The Morgan fingerprint density at radius 1 is 1.62 bits per heavy atom. The monoisotopic (exact) mass is 224 g/mol. The average molecular weight is 224 g/mol. The van der Waals surface area contributed by atoms with Crippen LogP contribution >= 0.6 is 0 Å². The number of aromatic nitrogens is 2. The molecule has 0 radical (unpaired) electrons. The molecule has 16 heavy (non-hydrogen) atoms. The van der Waals surface area contributed by atoms with Gasteiger partial charge in [0.15, 0.2) is 0 Å². The van der Waals surface area contributed by atoms with Crippen LogP contribution in [0.4, 0.5) is 5.82 Å². The lowest BCUT2D eigenvalue weighted by molar-refractivity contribution is -0.119. The van der Waals surface area contributed by atoms with Crippen LogP contribution in [-0.4, -0.2) is 21.7 Å². The highest BCUT2D eigenvalue weighted by molar-refractivity contribution is 5.94. The van der Waals surface area contributed by atoms with Crippen molar-refractivity contribution >= 4 is 11.7 Å². The molecule has 0 saturated heterocycles. The highest BCUT2D eigenvalue weighted by atomic mass is 16.2. The molecule has 1 heterocycles. The van der Waals surface area contributed by atoms with Gasteiger partial charge in [0, 0.05) is 12.6 Å². The predicted molar refractivity (Wildman–Crippen MR) is 64.0 cm³/mol. The normalized spacial score (nSPS) is 13.6. The Hall–Kier alpha value is -1.36. The summed E-state index contributed by atoms with van der Waals surface area (Å²) in [6, 6.07) is 1.23. The minimum atomic E-state index is -0.535. The van der Waals surface area contributed by atoms with Crippen LogP contribution in [0.1, 0.15) is 27.7 Å². The number of carbonyl (C=O) groups excluding carboxylic acids is 1. The van der Waals surface area contributed by atoms with E-state index in [-0.39, 0.29) is 11.3 Å². The summed E-state index contributed by atoms with van der Waals surface area (Å²) in [4.78, 5) is 11.8. The van der Waals surface area contributed by atoms with Crippen LogP contribution in [0.15, 0.2) is 12.3 Å². The molecule has 1 aromatic rings. The van der Waals surface area contributed by atoms with Crippen molar-refractivity contribution in [2.24, 2.45) is 11.1 Å². The van der Waals surface area contributed by atoms with Crippen LogP contribution in [0.3, 0.4) is 0 Å². The van der Waals surface area contributed by atoms with Gasteiger partial charge in [-0.3, -0.25) is 4.79 Å². The molecule has 0 unspecified atom stereocenters. The van der Waals surface area contributed by atoms with Gasteiger partial charge in [-0.05, 0) is 12.3 Å². The van der Waals surface area contributed by atoms with Crippen molar-refractivity contribution in [1.82, 2.24) is 9.78 Å². The fourth-order valence-electron chi connectivity index (χ4n) is 1.29. The maximum atomic E-state index is 11.8. The van der Waals surface area contributed by atoms with Gasteiger partial charge in [-0.25, -0.2) is 4.68 Å². The molecule has 0 aliphatic rings. The summed E-state index contributed by atoms with van der Waals surface area (Å²) >= 11 is 0. The summed E-state index contributed by atoms with van der Waals surface area (Å²) < 4.78 is 1.72. The van der Waals surface area contributed by atoms with E-state index in [0.29, 0.717) is 12.4 Å². The number of nitrogens with zero attached hydrogens (tertiary/aromatic N) is 2. The molecule has 0 aromatic carbocycles. The van der Waals surface area contributed by atoms with Crippen LogP contribution in [0, 0.1) is 5.41 Å². The first kappa shape index (κ1) is 12.7. The van der Waals surface area contributed by atoms with Gasteiger partial charge in [-0.2, -0.15) is 5.10 Å². The first-order valence-electron chi connectivity index (χ1n) is 5.44. The zero-order valence-electron chi connectivity index (χ0n) is 10.3. The molecule has 0 aliphatic carbocycles. The zero-order chi connectivity index (χ0) is 12.3. The Labute approximate surface area is 96.0 Å². The van der Waals surface area contributed by atoms with Gasteiger partial charge < -0.3 is 11.1 Å². The third-order valence-corrected chi connectivity index (χ3v) is 2.48. The minimum absolute atomic E-state index is 0.178. The smallest absolute Gasteiger partial charge is 0.242 e. The SMILES string of the molecule is CCn1nccc1NC(=O)[C@@H](N)C(C)(C)C. The first-order chi connectivity index (χ1) is 7.36. The summed E-state index contributed by atoms with van der Waals surface area (Å²) in [5, 5.41) is 6.85. The van der Waals surface area contributed by atoms with E-state index in [1.54, 1.807) is 16.9 Å².